The second-order valence-electron chi connectivity index (χ2n) is 3.60. The molecule has 2 N–H and O–H groups in total. The summed E-state index contributed by atoms with van der Waals surface area (Å²) in [5, 5.41) is 12.4. The highest BCUT2D eigenvalue weighted by Crippen LogP contribution is 2.26. The van der Waals surface area contributed by atoms with E-state index in [1.807, 2.05) is 19.1 Å². The van der Waals surface area contributed by atoms with Gasteiger partial charge in [0.1, 0.15) is 0 Å². The smallest absolute Gasteiger partial charge is 0.303 e. The molecule has 5 heteroatoms. The van der Waals surface area contributed by atoms with Crippen molar-refractivity contribution in [3.63, 3.8) is 0 Å². The maximum absolute atomic E-state index is 10.4. The fourth-order valence-electron chi connectivity index (χ4n) is 1.29. The van der Waals surface area contributed by atoms with E-state index in [1.54, 1.807) is 6.07 Å². The minimum atomic E-state index is -0.779. The zero-order chi connectivity index (χ0) is 12.1. The van der Waals surface area contributed by atoms with Gasteiger partial charge in [0, 0.05) is 22.0 Å². The van der Waals surface area contributed by atoms with Gasteiger partial charge in [-0.1, -0.05) is 11.6 Å². The largest absolute Gasteiger partial charge is 0.481 e. The standard InChI is InChI=1S/C11H13BrClNO2/c1-7(2-5-11(15)16)14-10-6-8(13)3-4-9(10)12/h3-4,6-7,14H,2,5H2,1H3,(H,15,16). The number of carbonyl (C=O) groups is 1. The highest BCUT2D eigenvalue weighted by molar-refractivity contribution is 9.10. The molecule has 0 aliphatic heterocycles. The number of rotatable bonds is 5. The maximum atomic E-state index is 10.4. The van der Waals surface area contributed by atoms with Gasteiger partial charge in [0.05, 0.1) is 5.69 Å². The van der Waals surface area contributed by atoms with Crippen molar-refractivity contribution in [2.24, 2.45) is 0 Å². The molecule has 1 aromatic rings. The van der Waals surface area contributed by atoms with E-state index in [9.17, 15) is 4.79 Å². The summed E-state index contributed by atoms with van der Waals surface area (Å²) in [6, 6.07) is 5.54. The van der Waals surface area contributed by atoms with E-state index in [4.69, 9.17) is 16.7 Å². The Morgan fingerprint density at radius 3 is 2.94 bits per heavy atom. The van der Waals surface area contributed by atoms with Gasteiger partial charge in [0.25, 0.3) is 0 Å². The van der Waals surface area contributed by atoms with Crippen LogP contribution in [0.3, 0.4) is 0 Å². The van der Waals surface area contributed by atoms with Gasteiger partial charge >= 0.3 is 5.97 Å². The van der Waals surface area contributed by atoms with Gasteiger partial charge in [-0.25, -0.2) is 0 Å². The Kier molecular flexibility index (Phi) is 5.09. The third-order valence-corrected chi connectivity index (χ3v) is 3.05. The predicted molar refractivity (Wildman–Crippen MR) is 69.1 cm³/mol. The molecule has 0 saturated heterocycles. The molecule has 1 unspecified atom stereocenters. The highest BCUT2D eigenvalue weighted by Gasteiger charge is 2.07. The molecule has 0 saturated carbocycles. The third kappa shape index (κ3) is 4.41. The number of hydrogen-bond acceptors (Lipinski definition) is 2. The second-order valence-corrected chi connectivity index (χ2v) is 4.89. The first-order valence-corrected chi connectivity index (χ1v) is 6.09. The SMILES string of the molecule is CC(CCC(=O)O)Nc1cc(Cl)ccc1Br. The summed E-state index contributed by atoms with van der Waals surface area (Å²) in [4.78, 5) is 10.4. The molecule has 88 valence electrons. The quantitative estimate of drug-likeness (QED) is 0.870. The van der Waals surface area contributed by atoms with E-state index in [-0.39, 0.29) is 12.5 Å². The van der Waals surface area contributed by atoms with E-state index in [0.717, 1.165) is 10.2 Å². The van der Waals surface area contributed by atoms with Crippen molar-refractivity contribution in [3.8, 4) is 0 Å². The zero-order valence-electron chi connectivity index (χ0n) is 8.84. The molecular weight excluding hydrogens is 293 g/mol. The van der Waals surface area contributed by atoms with E-state index in [0.29, 0.717) is 11.4 Å². The van der Waals surface area contributed by atoms with Gasteiger partial charge in [0.15, 0.2) is 0 Å². The summed E-state index contributed by atoms with van der Waals surface area (Å²) in [6.45, 7) is 1.94. The van der Waals surface area contributed by atoms with Crippen LogP contribution in [-0.2, 0) is 4.79 Å². The lowest BCUT2D eigenvalue weighted by Gasteiger charge is -2.15. The van der Waals surface area contributed by atoms with E-state index >= 15 is 0 Å². The van der Waals surface area contributed by atoms with Crippen molar-refractivity contribution in [3.05, 3.63) is 27.7 Å². The Labute approximate surface area is 108 Å². The van der Waals surface area contributed by atoms with Crippen molar-refractivity contribution in [1.82, 2.24) is 0 Å². The number of halogens is 2. The summed E-state index contributed by atoms with van der Waals surface area (Å²) < 4.78 is 0.916. The maximum Gasteiger partial charge on any atom is 0.303 e. The Bertz CT molecular complexity index is 384. The molecule has 0 fully saturated rings. The predicted octanol–water partition coefficient (Wildman–Crippen LogP) is 3.77. The minimum Gasteiger partial charge on any atom is -0.481 e. The first-order chi connectivity index (χ1) is 7.49. The number of hydrogen-bond donors (Lipinski definition) is 2. The van der Waals surface area contributed by atoms with Gasteiger partial charge in [-0.15, -0.1) is 0 Å². The lowest BCUT2D eigenvalue weighted by atomic mass is 10.1. The number of aliphatic carboxylic acids is 1. The molecule has 0 aliphatic carbocycles. The average molecular weight is 307 g/mol. The van der Waals surface area contributed by atoms with Crippen molar-refractivity contribution < 1.29 is 9.90 Å². The normalized spacial score (nSPS) is 12.2. The Morgan fingerprint density at radius 2 is 2.31 bits per heavy atom. The molecule has 16 heavy (non-hydrogen) atoms. The molecule has 1 aromatic carbocycles. The van der Waals surface area contributed by atoms with Crippen LogP contribution in [0.4, 0.5) is 5.69 Å². The van der Waals surface area contributed by atoms with Gasteiger partial charge < -0.3 is 10.4 Å². The number of nitrogens with one attached hydrogen (secondary N) is 1. The van der Waals surface area contributed by atoms with E-state index in [2.05, 4.69) is 21.2 Å². The van der Waals surface area contributed by atoms with Crippen LogP contribution in [0, 0.1) is 0 Å². The lowest BCUT2D eigenvalue weighted by molar-refractivity contribution is -0.137. The van der Waals surface area contributed by atoms with Crippen molar-refractivity contribution in [2.45, 2.75) is 25.8 Å². The van der Waals surface area contributed by atoms with Crippen LogP contribution < -0.4 is 5.32 Å². The van der Waals surface area contributed by atoms with Crippen molar-refractivity contribution >= 4 is 39.2 Å². The molecule has 0 radical (unpaired) electrons. The third-order valence-electron chi connectivity index (χ3n) is 2.12. The summed E-state index contributed by atoms with van der Waals surface area (Å²) in [5.41, 5.74) is 0.880. The fourth-order valence-corrected chi connectivity index (χ4v) is 1.82. The number of benzene rings is 1. The summed E-state index contributed by atoms with van der Waals surface area (Å²) >= 11 is 9.27. The molecule has 0 aliphatic rings. The Hall–Kier alpha value is -0.740. The van der Waals surface area contributed by atoms with Gasteiger partial charge in [-0.05, 0) is 47.5 Å². The topological polar surface area (TPSA) is 49.3 Å². The Morgan fingerprint density at radius 1 is 1.62 bits per heavy atom. The molecule has 0 aromatic heterocycles. The molecule has 0 amide bonds. The Balaban J connectivity index is 2.58. The van der Waals surface area contributed by atoms with Crippen LogP contribution in [0.1, 0.15) is 19.8 Å². The highest BCUT2D eigenvalue weighted by atomic mass is 79.9. The summed E-state index contributed by atoms with van der Waals surface area (Å²) in [6.07, 6.45) is 0.737. The van der Waals surface area contributed by atoms with Crippen LogP contribution in [0.25, 0.3) is 0 Å². The molecule has 0 heterocycles. The summed E-state index contributed by atoms with van der Waals surface area (Å²) in [5.74, 6) is -0.779. The van der Waals surface area contributed by atoms with Crippen LogP contribution in [0.2, 0.25) is 5.02 Å². The average Bonchev–Trinajstić information content (AvgIpc) is 2.20. The van der Waals surface area contributed by atoms with Crippen LogP contribution >= 0.6 is 27.5 Å². The van der Waals surface area contributed by atoms with Crippen molar-refractivity contribution in [2.75, 3.05) is 5.32 Å². The molecule has 0 spiro atoms. The molecule has 1 atom stereocenters. The molecular formula is C11H13BrClNO2. The first kappa shape index (κ1) is 13.3. The lowest BCUT2D eigenvalue weighted by Crippen LogP contribution is -2.16. The van der Waals surface area contributed by atoms with Gasteiger partial charge in [-0.2, -0.15) is 0 Å². The van der Waals surface area contributed by atoms with E-state index in [1.165, 1.54) is 0 Å². The first-order valence-electron chi connectivity index (χ1n) is 4.92. The zero-order valence-corrected chi connectivity index (χ0v) is 11.2. The molecule has 1 rings (SSSR count). The fraction of sp³-hybridized carbons (Fsp3) is 0.364. The number of carboxylic acids is 1. The number of carboxylic acid groups (broad SMARTS) is 1. The second kappa shape index (κ2) is 6.11. The molecule has 0 bridgehead atoms. The van der Waals surface area contributed by atoms with Gasteiger partial charge in [-0.3, -0.25) is 4.79 Å². The van der Waals surface area contributed by atoms with E-state index < -0.39 is 5.97 Å². The van der Waals surface area contributed by atoms with Crippen LogP contribution in [-0.4, -0.2) is 17.1 Å². The van der Waals surface area contributed by atoms with Crippen molar-refractivity contribution in [1.29, 1.82) is 0 Å². The van der Waals surface area contributed by atoms with Crippen LogP contribution in [0.5, 0.6) is 0 Å². The molecule has 3 nitrogen and oxygen atoms in total. The van der Waals surface area contributed by atoms with Crippen LogP contribution in [0.15, 0.2) is 22.7 Å². The summed E-state index contributed by atoms with van der Waals surface area (Å²) in [7, 11) is 0. The number of anilines is 1. The minimum absolute atomic E-state index is 0.0888. The van der Waals surface area contributed by atoms with Gasteiger partial charge in [0.2, 0.25) is 0 Å². The monoisotopic (exact) mass is 305 g/mol.